The van der Waals surface area contributed by atoms with E-state index < -0.39 is 10.0 Å². The maximum Gasteiger partial charge on any atom is 0.240 e. The fourth-order valence-electron chi connectivity index (χ4n) is 3.37. The minimum Gasteiger partial charge on any atom is -0.370 e. The van der Waals surface area contributed by atoms with E-state index in [1.807, 2.05) is 24.4 Å². The predicted molar refractivity (Wildman–Crippen MR) is 105 cm³/mol. The van der Waals surface area contributed by atoms with Crippen LogP contribution in [0.5, 0.6) is 0 Å². The van der Waals surface area contributed by atoms with Crippen LogP contribution in [0, 0.1) is 5.92 Å². The van der Waals surface area contributed by atoms with Crippen molar-refractivity contribution in [3.63, 3.8) is 0 Å². The highest BCUT2D eigenvalue weighted by atomic mass is 32.2. The number of nitrogens with zero attached hydrogens (tertiary/aromatic N) is 2. The van der Waals surface area contributed by atoms with Crippen LogP contribution in [0.15, 0.2) is 53.7 Å². The number of sulfonamides is 1. The fourth-order valence-corrected chi connectivity index (χ4v) is 4.49. The molecule has 2 aromatic rings. The van der Waals surface area contributed by atoms with Gasteiger partial charge in [-0.3, -0.25) is 4.98 Å². The quantitative estimate of drug-likeness (QED) is 0.809. The molecule has 1 aliphatic rings. The topological polar surface area (TPSA) is 62.3 Å². The van der Waals surface area contributed by atoms with Gasteiger partial charge in [-0.05, 0) is 55.0 Å². The number of rotatable bonds is 7. The van der Waals surface area contributed by atoms with Gasteiger partial charge in [0.1, 0.15) is 0 Å². The predicted octanol–water partition coefficient (Wildman–Crippen LogP) is 3.23. The molecule has 2 heterocycles. The van der Waals surface area contributed by atoms with E-state index in [-0.39, 0.29) is 0 Å². The molecule has 0 radical (unpaired) electrons. The summed E-state index contributed by atoms with van der Waals surface area (Å²) < 4.78 is 27.8. The molecular weight excluding hydrogens is 346 g/mol. The van der Waals surface area contributed by atoms with Gasteiger partial charge < -0.3 is 4.90 Å². The lowest BCUT2D eigenvalue weighted by atomic mass is 9.97. The number of hydrogen-bond acceptors (Lipinski definition) is 4. The van der Waals surface area contributed by atoms with Crippen LogP contribution in [-0.4, -0.2) is 33.0 Å². The van der Waals surface area contributed by atoms with Gasteiger partial charge in [-0.1, -0.05) is 25.5 Å². The number of piperidine rings is 1. The average Bonchev–Trinajstić information content (AvgIpc) is 2.68. The van der Waals surface area contributed by atoms with E-state index in [1.165, 1.54) is 5.56 Å². The van der Waals surface area contributed by atoms with E-state index in [4.69, 9.17) is 0 Å². The molecule has 3 rings (SSSR count). The van der Waals surface area contributed by atoms with Gasteiger partial charge in [-0.15, -0.1) is 0 Å². The fraction of sp³-hybridized carbons (Fsp3) is 0.450. The second kappa shape index (κ2) is 8.64. The van der Waals surface area contributed by atoms with Gasteiger partial charge in [0.2, 0.25) is 10.0 Å². The van der Waals surface area contributed by atoms with Gasteiger partial charge in [0.05, 0.1) is 16.8 Å². The van der Waals surface area contributed by atoms with Gasteiger partial charge in [-0.2, -0.15) is 0 Å². The Bertz CT molecular complexity index is 784. The van der Waals surface area contributed by atoms with Crippen molar-refractivity contribution in [3.05, 3.63) is 54.4 Å². The summed E-state index contributed by atoms with van der Waals surface area (Å²) in [6.07, 6.45) is 7.65. The van der Waals surface area contributed by atoms with E-state index in [1.54, 1.807) is 18.3 Å². The van der Waals surface area contributed by atoms with Crippen LogP contribution in [0.4, 0.5) is 5.69 Å². The molecule has 1 aromatic carbocycles. The van der Waals surface area contributed by atoms with Crippen molar-refractivity contribution in [1.82, 2.24) is 9.71 Å². The summed E-state index contributed by atoms with van der Waals surface area (Å²) in [4.78, 5) is 6.83. The number of anilines is 1. The molecule has 0 saturated carbocycles. The summed E-state index contributed by atoms with van der Waals surface area (Å²) in [6.45, 7) is 4.49. The van der Waals surface area contributed by atoms with E-state index in [9.17, 15) is 8.42 Å². The Hall–Kier alpha value is -1.92. The first-order chi connectivity index (χ1) is 12.6. The normalized spacial score (nSPS) is 16.0. The summed E-state index contributed by atoms with van der Waals surface area (Å²) in [5.74, 6) is 0.372. The third-order valence-corrected chi connectivity index (χ3v) is 6.40. The summed E-state index contributed by atoms with van der Waals surface area (Å²) in [7, 11) is -3.43. The molecular formula is C20H27N3O2S. The number of benzene rings is 1. The number of aromatic nitrogens is 1. The number of nitrogens with one attached hydrogen (secondary N) is 1. The summed E-state index contributed by atoms with van der Waals surface area (Å²) >= 11 is 0. The van der Waals surface area contributed by atoms with E-state index in [0.717, 1.165) is 44.5 Å². The van der Waals surface area contributed by atoms with Crippen LogP contribution in [0.1, 0.15) is 31.7 Å². The molecule has 140 valence electrons. The molecule has 1 aromatic heterocycles. The third-order valence-electron chi connectivity index (χ3n) is 4.96. The lowest BCUT2D eigenvalue weighted by Gasteiger charge is -2.33. The Morgan fingerprint density at radius 3 is 2.50 bits per heavy atom. The van der Waals surface area contributed by atoms with Crippen molar-refractivity contribution < 1.29 is 8.42 Å². The highest BCUT2D eigenvalue weighted by Gasteiger charge is 2.22. The first-order valence-electron chi connectivity index (χ1n) is 9.32. The Morgan fingerprint density at radius 2 is 1.88 bits per heavy atom. The second-order valence-electron chi connectivity index (χ2n) is 6.89. The highest BCUT2D eigenvalue weighted by molar-refractivity contribution is 7.89. The van der Waals surface area contributed by atoms with Crippen LogP contribution >= 0.6 is 0 Å². The highest BCUT2D eigenvalue weighted by Crippen LogP contribution is 2.22. The number of pyridine rings is 1. The molecule has 5 nitrogen and oxygen atoms in total. The molecule has 1 saturated heterocycles. The standard InChI is InChI=1S/C20H27N3O2S/c1-2-4-17-6-8-20(9-7-17)26(24,25)22-15-18-10-13-23(14-11-18)19-5-3-12-21-16-19/h3,5-9,12,16,18,22H,2,4,10-11,13-15H2,1H3. The molecule has 0 spiro atoms. The van der Waals surface area contributed by atoms with Crippen molar-refractivity contribution >= 4 is 15.7 Å². The smallest absolute Gasteiger partial charge is 0.240 e. The van der Waals surface area contributed by atoms with Gasteiger partial charge in [-0.25, -0.2) is 13.1 Å². The van der Waals surface area contributed by atoms with Gasteiger partial charge in [0.25, 0.3) is 0 Å². The lowest BCUT2D eigenvalue weighted by Crippen LogP contribution is -2.38. The van der Waals surface area contributed by atoms with E-state index >= 15 is 0 Å². The average molecular weight is 374 g/mol. The molecule has 0 amide bonds. The first kappa shape index (κ1) is 18.9. The van der Waals surface area contributed by atoms with Crippen molar-refractivity contribution in [2.24, 2.45) is 5.92 Å². The van der Waals surface area contributed by atoms with Crippen LogP contribution < -0.4 is 9.62 Å². The SMILES string of the molecule is CCCc1ccc(S(=O)(=O)NCC2CCN(c3cccnc3)CC2)cc1. The zero-order valence-corrected chi connectivity index (χ0v) is 16.1. The Labute approximate surface area is 156 Å². The minimum atomic E-state index is -3.43. The van der Waals surface area contributed by atoms with Crippen molar-refractivity contribution in [2.45, 2.75) is 37.5 Å². The molecule has 0 aliphatic carbocycles. The third kappa shape index (κ3) is 4.83. The minimum absolute atomic E-state index is 0.352. The number of hydrogen-bond donors (Lipinski definition) is 1. The number of aryl methyl sites for hydroxylation is 1. The zero-order chi connectivity index (χ0) is 18.4. The molecule has 1 aliphatic heterocycles. The zero-order valence-electron chi connectivity index (χ0n) is 15.3. The van der Waals surface area contributed by atoms with Crippen LogP contribution in [0.25, 0.3) is 0 Å². The molecule has 6 heteroatoms. The monoisotopic (exact) mass is 373 g/mol. The Balaban J connectivity index is 1.51. The molecule has 0 bridgehead atoms. The van der Waals surface area contributed by atoms with Crippen molar-refractivity contribution in [3.8, 4) is 0 Å². The van der Waals surface area contributed by atoms with Crippen LogP contribution in [0.2, 0.25) is 0 Å². The maximum atomic E-state index is 12.5. The molecule has 26 heavy (non-hydrogen) atoms. The van der Waals surface area contributed by atoms with Gasteiger partial charge in [0.15, 0.2) is 0 Å². The summed E-state index contributed by atoms with van der Waals surface area (Å²) in [5, 5.41) is 0. The largest absolute Gasteiger partial charge is 0.370 e. The van der Waals surface area contributed by atoms with Crippen molar-refractivity contribution in [1.29, 1.82) is 0 Å². The van der Waals surface area contributed by atoms with Gasteiger partial charge in [0, 0.05) is 25.8 Å². The molecule has 0 atom stereocenters. The van der Waals surface area contributed by atoms with Crippen LogP contribution in [-0.2, 0) is 16.4 Å². The maximum absolute atomic E-state index is 12.5. The Morgan fingerprint density at radius 1 is 1.15 bits per heavy atom. The van der Waals surface area contributed by atoms with Gasteiger partial charge >= 0.3 is 0 Å². The van der Waals surface area contributed by atoms with E-state index in [2.05, 4.69) is 27.6 Å². The lowest BCUT2D eigenvalue weighted by molar-refractivity contribution is 0.402. The molecule has 0 unspecified atom stereocenters. The first-order valence-corrected chi connectivity index (χ1v) is 10.8. The summed E-state index contributed by atoms with van der Waals surface area (Å²) in [5.41, 5.74) is 2.31. The van der Waals surface area contributed by atoms with Crippen molar-refractivity contribution in [2.75, 3.05) is 24.5 Å². The molecule has 1 N–H and O–H groups in total. The molecule has 1 fully saturated rings. The second-order valence-corrected chi connectivity index (χ2v) is 8.65. The van der Waals surface area contributed by atoms with Crippen LogP contribution in [0.3, 0.4) is 0 Å². The van der Waals surface area contributed by atoms with E-state index in [0.29, 0.717) is 17.4 Å². The summed E-state index contributed by atoms with van der Waals surface area (Å²) in [6, 6.07) is 11.2. The Kier molecular flexibility index (Phi) is 6.27.